The molecule has 0 fully saturated rings. The Hall–Kier alpha value is -3.91. The van der Waals surface area contributed by atoms with E-state index in [9.17, 15) is 19.5 Å². The van der Waals surface area contributed by atoms with Crippen LogP contribution in [0.1, 0.15) is 26.3 Å². The minimum Gasteiger partial charge on any atom is -0.479 e. The molecule has 0 aromatic heterocycles. The number of benzene rings is 3. The molecule has 0 spiro atoms. The standard InChI is InChI=1S/C29H34N2O6/c1-4-37-28(35)25(30-29(36)31(17-19(2)3)18-26(32)27(33)34)16-20-12-14-22(15-13-20)24-11-7-9-21-8-5-6-10-23(21)24/h5-15,19,25-26,32H,4,16-18H2,1-3H3,(H,30,36)(H,33,34)/t25-,26?/m0/s1. The van der Waals surface area contributed by atoms with Crippen molar-refractivity contribution in [3.8, 4) is 11.1 Å². The number of nitrogens with one attached hydrogen (secondary N) is 1. The number of amides is 2. The molecule has 8 nitrogen and oxygen atoms in total. The van der Waals surface area contributed by atoms with E-state index in [-0.39, 0.29) is 25.5 Å². The Labute approximate surface area is 216 Å². The lowest BCUT2D eigenvalue weighted by molar-refractivity contribution is -0.148. The third kappa shape index (κ3) is 7.54. The average molecular weight is 507 g/mol. The molecule has 0 saturated heterocycles. The first-order valence-corrected chi connectivity index (χ1v) is 12.4. The number of ether oxygens (including phenoxy) is 1. The zero-order valence-corrected chi connectivity index (χ0v) is 21.4. The van der Waals surface area contributed by atoms with E-state index in [0.29, 0.717) is 0 Å². The molecule has 0 radical (unpaired) electrons. The van der Waals surface area contributed by atoms with Gasteiger partial charge in [0.2, 0.25) is 0 Å². The number of rotatable bonds is 11. The first kappa shape index (κ1) is 27.7. The molecule has 0 aliphatic heterocycles. The Balaban J connectivity index is 1.79. The number of aliphatic hydroxyl groups excluding tert-OH is 1. The summed E-state index contributed by atoms with van der Waals surface area (Å²) in [6.45, 7) is 5.39. The van der Waals surface area contributed by atoms with E-state index in [1.54, 1.807) is 6.92 Å². The lowest BCUT2D eigenvalue weighted by Crippen LogP contribution is -2.52. The normalized spacial score (nSPS) is 12.7. The van der Waals surface area contributed by atoms with Gasteiger partial charge in [0.15, 0.2) is 6.10 Å². The van der Waals surface area contributed by atoms with Crippen LogP contribution in [0.15, 0.2) is 66.7 Å². The first-order valence-electron chi connectivity index (χ1n) is 12.4. The molecule has 0 aliphatic rings. The second-order valence-electron chi connectivity index (χ2n) is 9.33. The van der Waals surface area contributed by atoms with Crippen LogP contribution in [0.3, 0.4) is 0 Å². The lowest BCUT2D eigenvalue weighted by Gasteiger charge is -2.28. The number of carbonyl (C=O) groups is 3. The summed E-state index contributed by atoms with van der Waals surface area (Å²) in [6.07, 6.45) is -1.54. The monoisotopic (exact) mass is 506 g/mol. The van der Waals surface area contributed by atoms with Gasteiger partial charge >= 0.3 is 18.0 Å². The van der Waals surface area contributed by atoms with Crippen LogP contribution in [-0.4, -0.2) is 64.9 Å². The van der Waals surface area contributed by atoms with Gasteiger partial charge in [-0.25, -0.2) is 14.4 Å². The first-order chi connectivity index (χ1) is 17.7. The largest absolute Gasteiger partial charge is 0.479 e. The minimum atomic E-state index is -1.73. The molecular formula is C29H34N2O6. The van der Waals surface area contributed by atoms with Crippen LogP contribution in [0, 0.1) is 5.92 Å². The quantitative estimate of drug-likeness (QED) is 0.337. The van der Waals surface area contributed by atoms with E-state index in [2.05, 4.69) is 29.6 Å². The van der Waals surface area contributed by atoms with Gasteiger partial charge in [-0.3, -0.25) is 0 Å². The van der Waals surface area contributed by atoms with E-state index < -0.39 is 36.7 Å². The highest BCUT2D eigenvalue weighted by Gasteiger charge is 2.28. The van der Waals surface area contributed by atoms with E-state index in [1.165, 1.54) is 4.90 Å². The van der Waals surface area contributed by atoms with Crippen molar-refractivity contribution in [2.24, 2.45) is 5.92 Å². The highest BCUT2D eigenvalue weighted by atomic mass is 16.5. The highest BCUT2D eigenvalue weighted by Crippen LogP contribution is 2.28. The summed E-state index contributed by atoms with van der Waals surface area (Å²) in [5.41, 5.74) is 2.95. The van der Waals surface area contributed by atoms with Crippen molar-refractivity contribution in [3.63, 3.8) is 0 Å². The number of carbonyl (C=O) groups excluding carboxylic acids is 2. The third-order valence-corrected chi connectivity index (χ3v) is 5.91. The smallest absolute Gasteiger partial charge is 0.334 e. The van der Waals surface area contributed by atoms with Crippen LogP contribution in [-0.2, 0) is 20.7 Å². The van der Waals surface area contributed by atoms with Crippen molar-refractivity contribution >= 4 is 28.7 Å². The molecule has 0 saturated carbocycles. The van der Waals surface area contributed by atoms with Gasteiger partial charge in [0.25, 0.3) is 0 Å². The Morgan fingerprint density at radius 2 is 1.62 bits per heavy atom. The summed E-state index contributed by atoms with van der Waals surface area (Å²) in [4.78, 5) is 38.0. The molecule has 3 N–H and O–H groups in total. The summed E-state index contributed by atoms with van der Waals surface area (Å²) in [7, 11) is 0. The molecule has 2 amide bonds. The predicted molar refractivity (Wildman–Crippen MR) is 142 cm³/mol. The number of urea groups is 1. The Morgan fingerprint density at radius 1 is 0.946 bits per heavy atom. The highest BCUT2D eigenvalue weighted by molar-refractivity contribution is 5.96. The fraction of sp³-hybridized carbons (Fsp3) is 0.345. The molecule has 37 heavy (non-hydrogen) atoms. The van der Waals surface area contributed by atoms with Gasteiger partial charge in [0, 0.05) is 13.0 Å². The van der Waals surface area contributed by atoms with Crippen LogP contribution < -0.4 is 5.32 Å². The number of hydrogen-bond donors (Lipinski definition) is 3. The summed E-state index contributed by atoms with van der Waals surface area (Å²) >= 11 is 0. The minimum absolute atomic E-state index is 0.0226. The van der Waals surface area contributed by atoms with Gasteiger partial charge in [-0.2, -0.15) is 0 Å². The van der Waals surface area contributed by atoms with Crippen LogP contribution in [0.25, 0.3) is 21.9 Å². The van der Waals surface area contributed by atoms with Gasteiger partial charge in [-0.05, 0) is 40.3 Å². The number of aliphatic carboxylic acids is 1. The molecule has 3 rings (SSSR count). The summed E-state index contributed by atoms with van der Waals surface area (Å²) in [6, 6.07) is 20.5. The van der Waals surface area contributed by atoms with Gasteiger partial charge in [-0.1, -0.05) is 80.6 Å². The second kappa shape index (κ2) is 12.9. The predicted octanol–water partition coefficient (Wildman–Crippen LogP) is 4.09. The van der Waals surface area contributed by atoms with Gasteiger partial charge in [-0.15, -0.1) is 0 Å². The van der Waals surface area contributed by atoms with Crippen molar-refractivity contribution in [2.45, 2.75) is 39.3 Å². The van der Waals surface area contributed by atoms with E-state index in [0.717, 1.165) is 27.5 Å². The number of hydrogen-bond acceptors (Lipinski definition) is 5. The van der Waals surface area contributed by atoms with Gasteiger partial charge < -0.3 is 25.2 Å². The molecule has 1 unspecified atom stereocenters. The lowest BCUT2D eigenvalue weighted by atomic mass is 9.96. The van der Waals surface area contributed by atoms with Crippen molar-refractivity contribution in [2.75, 3.05) is 19.7 Å². The molecular weight excluding hydrogens is 472 g/mol. The van der Waals surface area contributed by atoms with Crippen molar-refractivity contribution < 1.29 is 29.3 Å². The maximum atomic E-state index is 13.0. The SMILES string of the molecule is CCOC(=O)[C@H](Cc1ccc(-c2cccc3ccccc23)cc1)NC(=O)N(CC(C)C)CC(O)C(=O)O. The Bertz CT molecular complexity index is 1220. The number of esters is 1. The van der Waals surface area contributed by atoms with Crippen LogP contribution in [0.2, 0.25) is 0 Å². The van der Waals surface area contributed by atoms with Crippen molar-refractivity contribution in [3.05, 3.63) is 72.3 Å². The topological polar surface area (TPSA) is 116 Å². The Morgan fingerprint density at radius 3 is 2.27 bits per heavy atom. The Kier molecular flexibility index (Phi) is 9.63. The zero-order valence-electron chi connectivity index (χ0n) is 21.4. The number of nitrogens with zero attached hydrogens (tertiary/aromatic N) is 1. The van der Waals surface area contributed by atoms with Crippen LogP contribution >= 0.6 is 0 Å². The summed E-state index contributed by atoms with van der Waals surface area (Å²) < 4.78 is 5.18. The molecule has 8 heteroatoms. The van der Waals surface area contributed by atoms with Gasteiger partial charge in [0.05, 0.1) is 13.2 Å². The van der Waals surface area contributed by atoms with E-state index in [4.69, 9.17) is 9.84 Å². The molecule has 196 valence electrons. The van der Waals surface area contributed by atoms with Crippen LogP contribution in [0.4, 0.5) is 4.79 Å². The van der Waals surface area contributed by atoms with Crippen LogP contribution in [0.5, 0.6) is 0 Å². The zero-order chi connectivity index (χ0) is 26.9. The van der Waals surface area contributed by atoms with E-state index in [1.807, 2.05) is 56.3 Å². The van der Waals surface area contributed by atoms with Crippen molar-refractivity contribution in [1.82, 2.24) is 10.2 Å². The summed E-state index contributed by atoms with van der Waals surface area (Å²) in [5.74, 6) is -1.98. The molecule has 3 aromatic carbocycles. The number of fused-ring (bicyclic) bond motifs is 1. The number of carboxylic acid groups (broad SMARTS) is 1. The number of aliphatic hydroxyl groups is 1. The fourth-order valence-corrected chi connectivity index (χ4v) is 4.18. The molecule has 2 atom stereocenters. The molecule has 0 aliphatic carbocycles. The number of carboxylic acids is 1. The van der Waals surface area contributed by atoms with Gasteiger partial charge in [0.1, 0.15) is 6.04 Å². The summed E-state index contributed by atoms with van der Waals surface area (Å²) in [5, 5.41) is 23.8. The van der Waals surface area contributed by atoms with E-state index >= 15 is 0 Å². The molecule has 0 bridgehead atoms. The average Bonchev–Trinajstić information content (AvgIpc) is 2.87. The third-order valence-electron chi connectivity index (χ3n) is 5.91. The fourth-order valence-electron chi connectivity index (χ4n) is 4.18. The molecule has 0 heterocycles. The maximum Gasteiger partial charge on any atom is 0.334 e. The van der Waals surface area contributed by atoms with Crippen molar-refractivity contribution in [1.29, 1.82) is 0 Å². The molecule has 3 aromatic rings. The second-order valence-corrected chi connectivity index (χ2v) is 9.33. The maximum absolute atomic E-state index is 13.0.